The van der Waals surface area contributed by atoms with Gasteiger partial charge in [-0.15, -0.1) is 0 Å². The van der Waals surface area contributed by atoms with Gasteiger partial charge in [0.15, 0.2) is 0 Å². The average Bonchev–Trinajstić information content (AvgIpc) is 2.44. The van der Waals surface area contributed by atoms with E-state index >= 15 is 0 Å². The fourth-order valence-corrected chi connectivity index (χ4v) is 5.71. The Morgan fingerprint density at radius 1 is 1.26 bits per heavy atom. The first-order chi connectivity index (χ1) is 10.7. The lowest BCUT2D eigenvalue weighted by atomic mass is 9.49. The number of aliphatic hydroxyl groups is 2. The third-order valence-electron chi connectivity index (χ3n) is 7.88. The zero-order chi connectivity index (χ0) is 16.6. The zero-order valence-electron chi connectivity index (χ0n) is 14.8. The number of rotatable bonds is 0. The standard InChI is InChI=1S/C20H30O3/c1-12-5-8-20(22)10-15-13-11-23-16(13)6-7-19(15,4)17(21)9-14(12)18(20,2)3/h6-7,13,15-17,21-22H,5,8-11H2,1-4H3. The quantitative estimate of drug-likeness (QED) is 0.674. The summed E-state index contributed by atoms with van der Waals surface area (Å²) < 4.78 is 5.68. The van der Waals surface area contributed by atoms with Crippen molar-refractivity contribution in [3.8, 4) is 0 Å². The van der Waals surface area contributed by atoms with E-state index in [1.54, 1.807) is 0 Å². The third-order valence-corrected chi connectivity index (χ3v) is 7.88. The van der Waals surface area contributed by atoms with Gasteiger partial charge in [0.05, 0.1) is 24.4 Å². The van der Waals surface area contributed by atoms with E-state index in [0.717, 1.165) is 25.9 Å². The first-order valence-corrected chi connectivity index (χ1v) is 9.09. The Bertz CT molecular complexity index is 590. The molecule has 6 unspecified atom stereocenters. The summed E-state index contributed by atoms with van der Waals surface area (Å²) >= 11 is 0. The van der Waals surface area contributed by atoms with Crippen LogP contribution in [0.2, 0.25) is 0 Å². The Hall–Kier alpha value is -0.640. The van der Waals surface area contributed by atoms with Crippen molar-refractivity contribution in [3.05, 3.63) is 23.3 Å². The van der Waals surface area contributed by atoms with Gasteiger partial charge in [0.1, 0.15) is 0 Å². The van der Waals surface area contributed by atoms with Crippen molar-refractivity contribution >= 4 is 0 Å². The smallest absolute Gasteiger partial charge is 0.0809 e. The highest BCUT2D eigenvalue weighted by atomic mass is 16.5. The van der Waals surface area contributed by atoms with E-state index in [4.69, 9.17) is 4.74 Å². The maximum Gasteiger partial charge on any atom is 0.0809 e. The molecule has 3 heteroatoms. The van der Waals surface area contributed by atoms with Crippen molar-refractivity contribution in [3.63, 3.8) is 0 Å². The van der Waals surface area contributed by atoms with E-state index in [1.165, 1.54) is 11.1 Å². The SMILES string of the molecule is CC1=C2CC(O)C3(C)C=CC4OCC4C3CC(O)(CC1)C2(C)C. The van der Waals surface area contributed by atoms with Crippen LogP contribution in [-0.2, 0) is 4.74 Å². The number of ether oxygens (including phenoxy) is 1. The molecule has 3 nitrogen and oxygen atoms in total. The van der Waals surface area contributed by atoms with Crippen LogP contribution < -0.4 is 0 Å². The molecular weight excluding hydrogens is 288 g/mol. The number of allylic oxidation sites excluding steroid dienone is 1. The van der Waals surface area contributed by atoms with Gasteiger partial charge in [0.25, 0.3) is 0 Å². The summed E-state index contributed by atoms with van der Waals surface area (Å²) in [4.78, 5) is 0. The summed E-state index contributed by atoms with van der Waals surface area (Å²) in [6.45, 7) is 9.47. The fraction of sp³-hybridized carbons (Fsp3) is 0.800. The Morgan fingerprint density at radius 3 is 2.65 bits per heavy atom. The van der Waals surface area contributed by atoms with Crippen LogP contribution in [-0.4, -0.2) is 34.6 Å². The molecular formula is C20H30O3. The minimum atomic E-state index is -0.681. The lowest BCUT2D eigenvalue weighted by Crippen LogP contribution is -2.61. The lowest BCUT2D eigenvalue weighted by molar-refractivity contribution is -0.187. The second kappa shape index (κ2) is 4.71. The third kappa shape index (κ3) is 1.93. The molecule has 1 aliphatic heterocycles. The number of hydrogen-bond acceptors (Lipinski definition) is 3. The van der Waals surface area contributed by atoms with Gasteiger partial charge in [0, 0.05) is 16.7 Å². The molecule has 2 fully saturated rings. The van der Waals surface area contributed by atoms with Crippen LogP contribution in [0, 0.1) is 22.7 Å². The summed E-state index contributed by atoms with van der Waals surface area (Å²) in [7, 11) is 0. The molecule has 0 aromatic heterocycles. The van der Waals surface area contributed by atoms with Crippen LogP contribution in [0.3, 0.4) is 0 Å². The zero-order valence-corrected chi connectivity index (χ0v) is 14.8. The predicted molar refractivity (Wildman–Crippen MR) is 89.9 cm³/mol. The molecule has 0 amide bonds. The minimum absolute atomic E-state index is 0.187. The van der Waals surface area contributed by atoms with E-state index in [9.17, 15) is 10.2 Å². The molecule has 128 valence electrons. The van der Waals surface area contributed by atoms with Crippen molar-refractivity contribution in [2.45, 2.75) is 71.2 Å². The van der Waals surface area contributed by atoms with Gasteiger partial charge in [-0.05, 0) is 38.5 Å². The highest BCUT2D eigenvalue weighted by Crippen LogP contribution is 2.60. The molecule has 6 atom stereocenters. The van der Waals surface area contributed by atoms with Crippen LogP contribution >= 0.6 is 0 Å². The summed E-state index contributed by atoms with van der Waals surface area (Å²) in [6.07, 6.45) is 7.34. The topological polar surface area (TPSA) is 49.7 Å². The maximum atomic E-state index is 11.6. The lowest BCUT2D eigenvalue weighted by Gasteiger charge is -2.60. The largest absolute Gasteiger partial charge is 0.392 e. The van der Waals surface area contributed by atoms with Crippen LogP contribution in [0.4, 0.5) is 0 Å². The molecule has 0 spiro atoms. The molecule has 4 rings (SSSR count). The van der Waals surface area contributed by atoms with Crippen LogP contribution in [0.5, 0.6) is 0 Å². The molecule has 3 aliphatic carbocycles. The van der Waals surface area contributed by atoms with E-state index in [-0.39, 0.29) is 22.9 Å². The van der Waals surface area contributed by atoms with Crippen molar-refractivity contribution in [2.24, 2.45) is 22.7 Å². The fourth-order valence-electron chi connectivity index (χ4n) is 5.71. The summed E-state index contributed by atoms with van der Waals surface area (Å²) in [5.74, 6) is 0.721. The van der Waals surface area contributed by atoms with Gasteiger partial charge < -0.3 is 14.9 Å². The van der Waals surface area contributed by atoms with Gasteiger partial charge in [-0.2, -0.15) is 0 Å². The van der Waals surface area contributed by atoms with E-state index in [1.807, 2.05) is 0 Å². The van der Waals surface area contributed by atoms with Crippen molar-refractivity contribution in [1.82, 2.24) is 0 Å². The number of fused-ring (bicyclic) bond motifs is 5. The maximum absolute atomic E-state index is 11.6. The van der Waals surface area contributed by atoms with Gasteiger partial charge >= 0.3 is 0 Å². The molecule has 0 radical (unpaired) electrons. The van der Waals surface area contributed by atoms with E-state index < -0.39 is 11.7 Å². The second-order valence-electron chi connectivity index (χ2n) is 9.13. The van der Waals surface area contributed by atoms with Crippen LogP contribution in [0.25, 0.3) is 0 Å². The first kappa shape index (κ1) is 15.9. The molecule has 4 aliphatic rings. The molecule has 2 bridgehead atoms. The molecule has 0 aromatic rings. The van der Waals surface area contributed by atoms with Crippen molar-refractivity contribution < 1.29 is 14.9 Å². The molecule has 1 saturated carbocycles. The second-order valence-corrected chi connectivity index (χ2v) is 9.13. The summed E-state index contributed by atoms with van der Waals surface area (Å²) in [6, 6.07) is 0. The average molecular weight is 318 g/mol. The normalized spacial score (nSPS) is 51.2. The Morgan fingerprint density at radius 2 is 2.00 bits per heavy atom. The Kier molecular flexibility index (Phi) is 3.25. The Balaban J connectivity index is 1.84. The van der Waals surface area contributed by atoms with Gasteiger partial charge in [-0.1, -0.05) is 44.1 Å². The van der Waals surface area contributed by atoms with Crippen molar-refractivity contribution in [2.75, 3.05) is 6.61 Å². The van der Waals surface area contributed by atoms with Crippen LogP contribution in [0.15, 0.2) is 23.3 Å². The van der Waals surface area contributed by atoms with Gasteiger partial charge in [0.2, 0.25) is 0 Å². The molecule has 23 heavy (non-hydrogen) atoms. The first-order valence-electron chi connectivity index (χ1n) is 9.09. The molecule has 2 N–H and O–H groups in total. The number of hydrogen-bond donors (Lipinski definition) is 2. The highest BCUT2D eigenvalue weighted by Gasteiger charge is 2.59. The Labute approximate surface area is 139 Å². The summed E-state index contributed by atoms with van der Waals surface area (Å²) in [5.41, 5.74) is 1.43. The summed E-state index contributed by atoms with van der Waals surface area (Å²) in [5, 5.41) is 22.8. The van der Waals surface area contributed by atoms with Gasteiger partial charge in [-0.25, -0.2) is 0 Å². The monoisotopic (exact) mass is 318 g/mol. The van der Waals surface area contributed by atoms with Crippen molar-refractivity contribution in [1.29, 1.82) is 0 Å². The van der Waals surface area contributed by atoms with E-state index in [2.05, 4.69) is 39.8 Å². The minimum Gasteiger partial charge on any atom is -0.392 e. The predicted octanol–water partition coefficient (Wildman–Crippen LogP) is 3.22. The highest BCUT2D eigenvalue weighted by molar-refractivity contribution is 5.32. The molecule has 1 heterocycles. The molecule has 0 aromatic carbocycles. The van der Waals surface area contributed by atoms with E-state index in [0.29, 0.717) is 12.3 Å². The van der Waals surface area contributed by atoms with Crippen LogP contribution in [0.1, 0.15) is 53.4 Å². The van der Waals surface area contributed by atoms with Gasteiger partial charge in [-0.3, -0.25) is 0 Å². The number of aliphatic hydroxyl groups excluding tert-OH is 1. The molecule has 1 saturated heterocycles.